The maximum Gasteiger partial charge on any atom is 0.323 e. The molecule has 1 heterocycles. The molecule has 1 unspecified atom stereocenters. The van der Waals surface area contributed by atoms with Crippen molar-refractivity contribution in [1.82, 2.24) is 10.2 Å². The number of aliphatic carboxylic acids is 1. The van der Waals surface area contributed by atoms with Crippen molar-refractivity contribution in [2.75, 3.05) is 33.4 Å². The Labute approximate surface area is 88.2 Å². The molecule has 6 heteroatoms. The number of morpholine rings is 1. The molecule has 1 atom stereocenters. The van der Waals surface area contributed by atoms with Gasteiger partial charge in [0.2, 0.25) is 5.91 Å². The minimum Gasteiger partial charge on any atom is -0.480 e. The molecule has 1 amide bonds. The largest absolute Gasteiger partial charge is 0.480 e. The van der Waals surface area contributed by atoms with Gasteiger partial charge in [0.15, 0.2) is 0 Å². The summed E-state index contributed by atoms with van der Waals surface area (Å²) in [6.45, 7) is 1.74. The molecule has 0 aromatic carbocycles. The van der Waals surface area contributed by atoms with Crippen molar-refractivity contribution >= 4 is 11.9 Å². The van der Waals surface area contributed by atoms with Crippen LogP contribution >= 0.6 is 0 Å². The summed E-state index contributed by atoms with van der Waals surface area (Å²) in [5, 5.41) is 11.4. The van der Waals surface area contributed by atoms with Crippen LogP contribution in [0, 0.1) is 0 Å². The van der Waals surface area contributed by atoms with Crippen molar-refractivity contribution < 1.29 is 19.4 Å². The monoisotopic (exact) mass is 216 g/mol. The first-order valence-electron chi connectivity index (χ1n) is 4.90. The summed E-state index contributed by atoms with van der Waals surface area (Å²) in [6.07, 6.45) is 0.320. The summed E-state index contributed by atoms with van der Waals surface area (Å²) in [5.74, 6) is -0.975. The van der Waals surface area contributed by atoms with E-state index in [9.17, 15) is 9.59 Å². The second kappa shape index (κ2) is 5.67. The standard InChI is InChI=1S/C9H16N2O4/c1-10-8(12)2-3-11-4-5-15-6-7(11)9(13)14/h7H,2-6H2,1H3,(H,10,12)(H,13,14). The Balaban J connectivity index is 2.42. The van der Waals surface area contributed by atoms with Crippen LogP contribution in [0.5, 0.6) is 0 Å². The number of hydrogen-bond donors (Lipinski definition) is 2. The van der Waals surface area contributed by atoms with E-state index in [1.807, 2.05) is 0 Å². The first kappa shape index (κ1) is 11.9. The SMILES string of the molecule is CNC(=O)CCN1CCOCC1C(=O)O. The number of ether oxygens (including phenoxy) is 1. The van der Waals surface area contributed by atoms with E-state index < -0.39 is 12.0 Å². The lowest BCUT2D eigenvalue weighted by Gasteiger charge is -2.32. The molecule has 1 fully saturated rings. The van der Waals surface area contributed by atoms with Crippen LogP contribution in [0.2, 0.25) is 0 Å². The fourth-order valence-corrected chi connectivity index (χ4v) is 1.50. The molecule has 0 aromatic heterocycles. The molecule has 86 valence electrons. The van der Waals surface area contributed by atoms with Gasteiger partial charge >= 0.3 is 5.97 Å². The summed E-state index contributed by atoms with van der Waals surface area (Å²) < 4.78 is 5.08. The number of rotatable bonds is 4. The Morgan fingerprint density at radius 1 is 1.60 bits per heavy atom. The minimum atomic E-state index is -0.897. The highest BCUT2D eigenvalue weighted by Gasteiger charge is 2.28. The van der Waals surface area contributed by atoms with E-state index in [4.69, 9.17) is 9.84 Å². The summed E-state index contributed by atoms with van der Waals surface area (Å²) in [5.41, 5.74) is 0. The average Bonchev–Trinajstić information content (AvgIpc) is 2.26. The van der Waals surface area contributed by atoms with Crippen molar-refractivity contribution in [2.24, 2.45) is 0 Å². The van der Waals surface area contributed by atoms with E-state index in [-0.39, 0.29) is 12.5 Å². The number of carboxylic acid groups (broad SMARTS) is 1. The zero-order valence-corrected chi connectivity index (χ0v) is 8.73. The van der Waals surface area contributed by atoms with E-state index in [1.54, 1.807) is 11.9 Å². The van der Waals surface area contributed by atoms with Crippen LogP contribution in [0.25, 0.3) is 0 Å². The van der Waals surface area contributed by atoms with Crippen LogP contribution < -0.4 is 5.32 Å². The second-order valence-electron chi connectivity index (χ2n) is 3.39. The second-order valence-corrected chi connectivity index (χ2v) is 3.39. The maximum absolute atomic E-state index is 11.0. The van der Waals surface area contributed by atoms with Gasteiger partial charge in [-0.3, -0.25) is 14.5 Å². The van der Waals surface area contributed by atoms with Gasteiger partial charge in [-0.15, -0.1) is 0 Å². The van der Waals surface area contributed by atoms with Gasteiger partial charge < -0.3 is 15.2 Å². The van der Waals surface area contributed by atoms with Gasteiger partial charge in [0, 0.05) is 26.6 Å². The Kier molecular flexibility index (Phi) is 4.51. The van der Waals surface area contributed by atoms with Crippen LogP contribution in [0.3, 0.4) is 0 Å². The van der Waals surface area contributed by atoms with Gasteiger partial charge in [0.05, 0.1) is 13.2 Å². The van der Waals surface area contributed by atoms with Crippen molar-refractivity contribution in [3.05, 3.63) is 0 Å². The van der Waals surface area contributed by atoms with Gasteiger partial charge in [0.1, 0.15) is 6.04 Å². The molecule has 0 radical (unpaired) electrons. The van der Waals surface area contributed by atoms with E-state index in [0.29, 0.717) is 26.1 Å². The predicted octanol–water partition coefficient (Wildman–Crippen LogP) is -1.09. The lowest BCUT2D eigenvalue weighted by molar-refractivity contribution is -0.150. The molecule has 1 saturated heterocycles. The maximum atomic E-state index is 11.0. The van der Waals surface area contributed by atoms with Crippen LogP contribution in [-0.2, 0) is 14.3 Å². The number of hydrogen-bond acceptors (Lipinski definition) is 4. The lowest BCUT2D eigenvalue weighted by atomic mass is 10.2. The third kappa shape index (κ3) is 3.49. The van der Waals surface area contributed by atoms with Crippen LogP contribution in [0.4, 0.5) is 0 Å². The molecule has 1 aliphatic heterocycles. The molecule has 0 spiro atoms. The zero-order chi connectivity index (χ0) is 11.3. The number of nitrogens with zero attached hydrogens (tertiary/aromatic N) is 1. The molecule has 1 rings (SSSR count). The molecule has 0 aliphatic carbocycles. The predicted molar refractivity (Wildman–Crippen MR) is 52.5 cm³/mol. The molecular weight excluding hydrogens is 200 g/mol. The average molecular weight is 216 g/mol. The van der Waals surface area contributed by atoms with Gasteiger partial charge in [-0.25, -0.2) is 0 Å². The third-order valence-corrected chi connectivity index (χ3v) is 2.43. The van der Waals surface area contributed by atoms with Crippen molar-refractivity contribution in [2.45, 2.75) is 12.5 Å². The molecule has 0 aromatic rings. The Hall–Kier alpha value is -1.14. The number of nitrogens with one attached hydrogen (secondary N) is 1. The van der Waals surface area contributed by atoms with Crippen molar-refractivity contribution in [3.63, 3.8) is 0 Å². The Morgan fingerprint density at radius 2 is 2.33 bits per heavy atom. The summed E-state index contributed by atoms with van der Waals surface area (Å²) in [6, 6.07) is -0.622. The highest BCUT2D eigenvalue weighted by molar-refractivity contribution is 5.76. The normalized spacial score (nSPS) is 22.3. The molecule has 15 heavy (non-hydrogen) atoms. The molecule has 1 aliphatic rings. The minimum absolute atomic E-state index is 0.0781. The van der Waals surface area contributed by atoms with E-state index in [2.05, 4.69) is 5.32 Å². The first-order chi connectivity index (χ1) is 7.15. The van der Waals surface area contributed by atoms with Gasteiger partial charge in [-0.05, 0) is 0 Å². The highest BCUT2D eigenvalue weighted by Crippen LogP contribution is 2.07. The number of amides is 1. The van der Waals surface area contributed by atoms with Gasteiger partial charge in [0.25, 0.3) is 0 Å². The van der Waals surface area contributed by atoms with Crippen molar-refractivity contribution in [1.29, 1.82) is 0 Å². The van der Waals surface area contributed by atoms with E-state index in [1.165, 1.54) is 0 Å². The highest BCUT2D eigenvalue weighted by atomic mass is 16.5. The summed E-state index contributed by atoms with van der Waals surface area (Å²) >= 11 is 0. The van der Waals surface area contributed by atoms with Gasteiger partial charge in [-0.2, -0.15) is 0 Å². The van der Waals surface area contributed by atoms with Crippen molar-refractivity contribution in [3.8, 4) is 0 Å². The lowest BCUT2D eigenvalue weighted by Crippen LogP contribution is -2.50. The first-order valence-corrected chi connectivity index (χ1v) is 4.90. The number of carbonyl (C=O) groups is 2. The van der Waals surface area contributed by atoms with E-state index >= 15 is 0 Å². The number of carboxylic acids is 1. The quantitative estimate of drug-likeness (QED) is 0.624. The zero-order valence-electron chi connectivity index (χ0n) is 8.73. The Morgan fingerprint density at radius 3 is 2.93 bits per heavy atom. The molecule has 0 bridgehead atoms. The van der Waals surface area contributed by atoms with Crippen LogP contribution in [0.15, 0.2) is 0 Å². The topological polar surface area (TPSA) is 78.9 Å². The molecular formula is C9H16N2O4. The third-order valence-electron chi connectivity index (χ3n) is 2.43. The number of carbonyl (C=O) groups excluding carboxylic acids is 1. The van der Waals surface area contributed by atoms with Crippen LogP contribution in [0.1, 0.15) is 6.42 Å². The van der Waals surface area contributed by atoms with Gasteiger partial charge in [-0.1, -0.05) is 0 Å². The molecule has 6 nitrogen and oxygen atoms in total. The molecule has 0 saturated carbocycles. The Bertz CT molecular complexity index is 244. The fourth-order valence-electron chi connectivity index (χ4n) is 1.50. The smallest absolute Gasteiger partial charge is 0.323 e. The van der Waals surface area contributed by atoms with Crippen LogP contribution in [-0.4, -0.2) is 61.3 Å². The van der Waals surface area contributed by atoms with E-state index in [0.717, 1.165) is 0 Å². The molecule has 2 N–H and O–H groups in total. The fraction of sp³-hybridized carbons (Fsp3) is 0.778. The summed E-state index contributed by atoms with van der Waals surface area (Å²) in [4.78, 5) is 23.6. The summed E-state index contributed by atoms with van der Waals surface area (Å²) in [7, 11) is 1.57.